The number of ether oxygens (including phenoxy) is 1. The second-order valence-corrected chi connectivity index (χ2v) is 8.93. The van der Waals surface area contributed by atoms with Crippen LogP contribution >= 0.6 is 0 Å². The summed E-state index contributed by atoms with van der Waals surface area (Å²) in [6, 6.07) is 7.88. The number of rotatable bonds is 9. The summed E-state index contributed by atoms with van der Waals surface area (Å²) in [6.45, 7) is 18.5. The van der Waals surface area contributed by atoms with E-state index in [9.17, 15) is 9.59 Å². The molecule has 0 saturated carbocycles. The van der Waals surface area contributed by atoms with Crippen molar-refractivity contribution in [1.82, 2.24) is 5.32 Å². The SMILES string of the molecule is C=C(C)c1cccc(C(C)(C)NC(=O)OC(C)CC(C)(C)OOC(=O)C(C)C)c1. The van der Waals surface area contributed by atoms with Crippen molar-refractivity contribution >= 4 is 17.6 Å². The van der Waals surface area contributed by atoms with E-state index in [0.717, 1.165) is 16.7 Å². The normalized spacial score (nSPS) is 13.0. The van der Waals surface area contributed by atoms with Crippen molar-refractivity contribution in [3.8, 4) is 0 Å². The number of amides is 1. The molecule has 0 bridgehead atoms. The molecular weight excluding hydrogens is 370 g/mol. The van der Waals surface area contributed by atoms with Gasteiger partial charge in [-0.1, -0.05) is 44.2 Å². The number of nitrogens with one attached hydrogen (secondary N) is 1. The van der Waals surface area contributed by atoms with Crippen molar-refractivity contribution in [3.63, 3.8) is 0 Å². The van der Waals surface area contributed by atoms with Gasteiger partial charge in [0.25, 0.3) is 0 Å². The third-order valence-corrected chi connectivity index (χ3v) is 4.40. The summed E-state index contributed by atoms with van der Waals surface area (Å²) < 4.78 is 5.49. The molecule has 1 aromatic carbocycles. The molecule has 0 aromatic heterocycles. The van der Waals surface area contributed by atoms with E-state index in [0.29, 0.717) is 6.42 Å². The average molecular weight is 406 g/mol. The van der Waals surface area contributed by atoms with Crippen LogP contribution < -0.4 is 5.32 Å². The van der Waals surface area contributed by atoms with Crippen LogP contribution in [0.15, 0.2) is 30.8 Å². The van der Waals surface area contributed by atoms with E-state index in [1.54, 1.807) is 34.6 Å². The molecule has 0 fully saturated rings. The summed E-state index contributed by atoms with van der Waals surface area (Å²) in [4.78, 5) is 34.1. The molecule has 0 saturated heterocycles. The van der Waals surface area contributed by atoms with Gasteiger partial charge in [-0.3, -0.25) is 4.89 Å². The topological polar surface area (TPSA) is 73.9 Å². The zero-order valence-electron chi connectivity index (χ0n) is 18.9. The predicted molar refractivity (Wildman–Crippen MR) is 114 cm³/mol. The van der Waals surface area contributed by atoms with Crippen LogP contribution in [0.3, 0.4) is 0 Å². The van der Waals surface area contributed by atoms with Crippen LogP contribution in [0, 0.1) is 5.92 Å². The molecular formula is C23H35NO5. The number of carbonyl (C=O) groups is 2. The Labute approximate surface area is 174 Å². The first kappa shape index (κ1) is 24.7. The van der Waals surface area contributed by atoms with Crippen LogP contribution in [-0.2, 0) is 24.8 Å². The van der Waals surface area contributed by atoms with Gasteiger partial charge in [-0.05, 0) is 58.7 Å². The van der Waals surface area contributed by atoms with Gasteiger partial charge in [0.1, 0.15) is 11.7 Å². The summed E-state index contributed by atoms with van der Waals surface area (Å²) in [5.74, 6) is -0.723. The highest BCUT2D eigenvalue weighted by atomic mass is 17.2. The smallest absolute Gasteiger partial charge is 0.408 e. The fourth-order valence-corrected chi connectivity index (χ4v) is 2.73. The molecule has 1 aromatic rings. The van der Waals surface area contributed by atoms with Gasteiger partial charge in [-0.15, -0.1) is 0 Å². The monoisotopic (exact) mass is 405 g/mol. The van der Waals surface area contributed by atoms with E-state index in [-0.39, 0.29) is 5.92 Å². The average Bonchev–Trinajstić information content (AvgIpc) is 2.58. The molecule has 1 rings (SSSR count). The molecule has 0 aliphatic heterocycles. The van der Waals surface area contributed by atoms with Crippen LogP contribution in [0.1, 0.15) is 72.9 Å². The van der Waals surface area contributed by atoms with Gasteiger partial charge in [-0.2, -0.15) is 4.89 Å². The summed E-state index contributed by atoms with van der Waals surface area (Å²) in [5, 5.41) is 2.90. The quantitative estimate of drug-likeness (QED) is 0.442. The Kier molecular flexibility index (Phi) is 8.45. The highest BCUT2D eigenvalue weighted by molar-refractivity contribution is 5.71. The minimum atomic E-state index is -0.796. The first-order valence-corrected chi connectivity index (χ1v) is 9.88. The van der Waals surface area contributed by atoms with Crippen LogP contribution in [-0.4, -0.2) is 23.8 Å². The Morgan fingerprint density at radius 1 is 1.14 bits per heavy atom. The lowest BCUT2D eigenvalue weighted by Gasteiger charge is -2.29. The van der Waals surface area contributed by atoms with E-state index in [4.69, 9.17) is 14.5 Å². The van der Waals surface area contributed by atoms with Gasteiger partial charge >= 0.3 is 12.1 Å². The summed E-state index contributed by atoms with van der Waals surface area (Å²) in [5.41, 5.74) is 1.51. The van der Waals surface area contributed by atoms with Gasteiger partial charge in [0.2, 0.25) is 0 Å². The standard InChI is InChI=1S/C23H35NO5/c1-15(2)18-11-10-12-19(13-18)23(8,9)24-21(26)27-17(5)14-22(6,7)29-28-20(25)16(3)4/h10-13,16-17H,1,14H2,2-9H3,(H,24,26). The maximum Gasteiger partial charge on any atom is 0.408 e. The molecule has 0 heterocycles. The van der Waals surface area contributed by atoms with E-state index in [1.165, 1.54) is 0 Å². The highest BCUT2D eigenvalue weighted by Gasteiger charge is 2.29. The van der Waals surface area contributed by atoms with Crippen molar-refractivity contribution in [2.24, 2.45) is 5.92 Å². The third-order valence-electron chi connectivity index (χ3n) is 4.40. The largest absolute Gasteiger partial charge is 0.446 e. The van der Waals surface area contributed by atoms with Crippen molar-refractivity contribution in [2.45, 2.75) is 79.1 Å². The van der Waals surface area contributed by atoms with E-state index < -0.39 is 29.3 Å². The molecule has 6 nitrogen and oxygen atoms in total. The molecule has 0 spiro atoms. The summed E-state index contributed by atoms with van der Waals surface area (Å²) in [7, 11) is 0. The van der Waals surface area contributed by atoms with E-state index >= 15 is 0 Å². The number of carbonyl (C=O) groups excluding carboxylic acids is 2. The molecule has 0 radical (unpaired) electrons. The Balaban J connectivity index is 2.65. The molecule has 1 unspecified atom stereocenters. The Morgan fingerprint density at radius 2 is 1.76 bits per heavy atom. The van der Waals surface area contributed by atoms with Crippen LogP contribution in [0.2, 0.25) is 0 Å². The number of allylic oxidation sites excluding steroid dienone is 1. The number of alkyl carbamates (subject to hydrolysis) is 1. The lowest BCUT2D eigenvalue weighted by atomic mass is 9.92. The van der Waals surface area contributed by atoms with Gasteiger partial charge in [-0.25, -0.2) is 9.59 Å². The minimum absolute atomic E-state index is 0.282. The molecule has 6 heteroatoms. The van der Waals surface area contributed by atoms with Crippen molar-refractivity contribution < 1.29 is 24.1 Å². The zero-order chi connectivity index (χ0) is 22.4. The molecule has 1 atom stereocenters. The van der Waals surface area contributed by atoms with Gasteiger partial charge in [0, 0.05) is 6.42 Å². The Morgan fingerprint density at radius 3 is 2.31 bits per heavy atom. The third kappa shape index (κ3) is 8.28. The summed E-state index contributed by atoms with van der Waals surface area (Å²) in [6.07, 6.45) is -0.615. The van der Waals surface area contributed by atoms with Crippen LogP contribution in [0.5, 0.6) is 0 Å². The first-order chi connectivity index (χ1) is 13.2. The second kappa shape index (κ2) is 9.92. The molecule has 29 heavy (non-hydrogen) atoms. The molecule has 1 N–H and O–H groups in total. The fraction of sp³-hybridized carbons (Fsp3) is 0.565. The van der Waals surface area contributed by atoms with Crippen molar-refractivity contribution in [3.05, 3.63) is 42.0 Å². The Hall–Kier alpha value is -2.34. The highest BCUT2D eigenvalue weighted by Crippen LogP contribution is 2.24. The maximum absolute atomic E-state index is 12.4. The van der Waals surface area contributed by atoms with Crippen LogP contribution in [0.25, 0.3) is 5.57 Å². The lowest BCUT2D eigenvalue weighted by Crippen LogP contribution is -2.43. The Bertz CT molecular complexity index is 737. The van der Waals surface area contributed by atoms with Gasteiger partial charge in [0.05, 0.1) is 11.5 Å². The minimum Gasteiger partial charge on any atom is -0.446 e. The van der Waals surface area contributed by atoms with Crippen molar-refractivity contribution in [1.29, 1.82) is 0 Å². The molecule has 162 valence electrons. The lowest BCUT2D eigenvalue weighted by molar-refractivity contribution is -0.330. The van der Waals surface area contributed by atoms with Gasteiger partial charge in [0.15, 0.2) is 0 Å². The number of benzene rings is 1. The van der Waals surface area contributed by atoms with E-state index in [1.807, 2.05) is 45.0 Å². The first-order valence-electron chi connectivity index (χ1n) is 9.88. The summed E-state index contributed by atoms with van der Waals surface area (Å²) >= 11 is 0. The number of hydrogen-bond acceptors (Lipinski definition) is 5. The van der Waals surface area contributed by atoms with Crippen molar-refractivity contribution in [2.75, 3.05) is 0 Å². The molecule has 0 aliphatic carbocycles. The second-order valence-electron chi connectivity index (χ2n) is 8.93. The zero-order valence-corrected chi connectivity index (χ0v) is 18.9. The van der Waals surface area contributed by atoms with Crippen LogP contribution in [0.4, 0.5) is 4.79 Å². The van der Waals surface area contributed by atoms with E-state index in [2.05, 4.69) is 11.9 Å². The van der Waals surface area contributed by atoms with Gasteiger partial charge < -0.3 is 10.1 Å². The maximum atomic E-state index is 12.4. The predicted octanol–water partition coefficient (Wildman–Crippen LogP) is 5.37. The molecule has 0 aliphatic rings. The fourth-order valence-electron chi connectivity index (χ4n) is 2.73. The molecule has 1 amide bonds. The number of hydrogen-bond donors (Lipinski definition) is 1.